The number of hydrogen-bond acceptors (Lipinski definition) is 3. The molecule has 4 rings (SSSR count). The second-order valence-electron chi connectivity index (χ2n) is 8.40. The summed E-state index contributed by atoms with van der Waals surface area (Å²) in [6.07, 6.45) is 7.29. The highest BCUT2D eigenvalue weighted by Crippen LogP contribution is 2.33. The first-order valence-corrected chi connectivity index (χ1v) is 11.9. The predicted octanol–water partition coefficient (Wildman–Crippen LogP) is 5.25. The van der Waals surface area contributed by atoms with Crippen molar-refractivity contribution in [2.24, 2.45) is 0 Å². The van der Waals surface area contributed by atoms with Crippen LogP contribution in [0.15, 0.2) is 78.9 Å². The number of carbonyl (C=O) groups excluding carboxylic acids is 1. The van der Waals surface area contributed by atoms with Crippen LogP contribution in [0.4, 0.5) is 0 Å². The van der Waals surface area contributed by atoms with Crippen LogP contribution in [-0.2, 0) is 11.3 Å². The topological polar surface area (TPSA) is 52.6 Å². The number of hydrogen-bond donors (Lipinski definition) is 2. The molecule has 1 atom stereocenters. The van der Waals surface area contributed by atoms with E-state index in [9.17, 15) is 9.90 Å². The molecule has 174 valence electrons. The molecule has 1 aliphatic rings. The molecular formula is C29H29ClN2O2. The summed E-state index contributed by atoms with van der Waals surface area (Å²) in [7, 11) is 1.87. The predicted molar refractivity (Wildman–Crippen MR) is 140 cm³/mol. The van der Waals surface area contributed by atoms with Gasteiger partial charge in [-0.15, -0.1) is 0 Å². The lowest BCUT2D eigenvalue weighted by Gasteiger charge is -2.25. The molecule has 3 aromatic carbocycles. The maximum Gasteiger partial charge on any atom is 0.239 e. The number of aliphatic hydroxyl groups is 1. The van der Waals surface area contributed by atoms with Crippen LogP contribution >= 0.6 is 11.6 Å². The number of likely N-dealkylation sites (N-methyl/N-ethyl adjacent to an activating group) is 1. The van der Waals surface area contributed by atoms with E-state index in [1.165, 1.54) is 27.8 Å². The number of carbonyl (C=O) groups is 1. The third-order valence-corrected chi connectivity index (χ3v) is 6.56. The van der Waals surface area contributed by atoms with Crippen molar-refractivity contribution in [3.05, 3.63) is 112 Å². The molecule has 1 aliphatic carbocycles. The van der Waals surface area contributed by atoms with Gasteiger partial charge in [-0.25, -0.2) is 0 Å². The van der Waals surface area contributed by atoms with Gasteiger partial charge in [0.1, 0.15) is 6.04 Å². The van der Waals surface area contributed by atoms with Gasteiger partial charge in [-0.2, -0.15) is 0 Å². The van der Waals surface area contributed by atoms with Crippen molar-refractivity contribution in [2.75, 3.05) is 20.2 Å². The van der Waals surface area contributed by atoms with Crippen LogP contribution in [0.5, 0.6) is 0 Å². The molecule has 0 saturated heterocycles. The zero-order valence-corrected chi connectivity index (χ0v) is 20.0. The normalized spacial score (nSPS) is 13.1. The molecule has 0 heterocycles. The van der Waals surface area contributed by atoms with Gasteiger partial charge < -0.3 is 10.4 Å². The van der Waals surface area contributed by atoms with Crippen molar-refractivity contribution in [2.45, 2.75) is 19.0 Å². The van der Waals surface area contributed by atoms with Gasteiger partial charge in [-0.3, -0.25) is 9.69 Å². The molecule has 3 aromatic rings. The van der Waals surface area contributed by atoms with Crippen molar-refractivity contribution < 1.29 is 9.90 Å². The van der Waals surface area contributed by atoms with Crippen molar-refractivity contribution in [1.82, 2.24) is 10.2 Å². The van der Waals surface area contributed by atoms with E-state index in [4.69, 9.17) is 11.6 Å². The summed E-state index contributed by atoms with van der Waals surface area (Å²) in [5, 5.41) is 13.4. The Balaban J connectivity index is 1.45. The third kappa shape index (κ3) is 5.48. The zero-order valence-electron chi connectivity index (χ0n) is 19.2. The van der Waals surface area contributed by atoms with E-state index >= 15 is 0 Å². The average molecular weight is 473 g/mol. The summed E-state index contributed by atoms with van der Waals surface area (Å²) in [6, 6.07) is 23.6. The molecule has 0 saturated carbocycles. The Kier molecular flexibility index (Phi) is 7.96. The van der Waals surface area contributed by atoms with Crippen molar-refractivity contribution >= 4 is 35.2 Å². The smallest absolute Gasteiger partial charge is 0.239 e. The molecule has 5 heteroatoms. The number of rotatable bonds is 8. The maximum absolute atomic E-state index is 12.8. The second-order valence-corrected chi connectivity index (χ2v) is 8.81. The van der Waals surface area contributed by atoms with Crippen LogP contribution in [0.1, 0.15) is 34.2 Å². The molecule has 2 N–H and O–H groups in total. The van der Waals surface area contributed by atoms with Gasteiger partial charge in [0.15, 0.2) is 0 Å². The minimum Gasteiger partial charge on any atom is -0.394 e. The van der Waals surface area contributed by atoms with Crippen LogP contribution in [-0.4, -0.2) is 42.2 Å². The van der Waals surface area contributed by atoms with E-state index < -0.39 is 6.04 Å². The maximum atomic E-state index is 12.8. The molecule has 0 bridgehead atoms. The fraction of sp³-hybridized carbons (Fsp3) is 0.207. The van der Waals surface area contributed by atoms with Crippen LogP contribution in [0.25, 0.3) is 17.7 Å². The van der Waals surface area contributed by atoms with Gasteiger partial charge in [-0.1, -0.05) is 96.6 Å². The molecule has 0 aliphatic heterocycles. The van der Waals surface area contributed by atoms with Gasteiger partial charge in [0.2, 0.25) is 5.91 Å². The highest BCUT2D eigenvalue weighted by Gasteiger charge is 2.22. The minimum atomic E-state index is -0.628. The number of aliphatic hydroxyl groups excluding tert-OH is 1. The first kappa shape index (κ1) is 24.0. The molecule has 34 heavy (non-hydrogen) atoms. The highest BCUT2D eigenvalue weighted by molar-refractivity contribution is 6.31. The van der Waals surface area contributed by atoms with Crippen molar-refractivity contribution in [1.29, 1.82) is 0 Å². The van der Waals surface area contributed by atoms with Gasteiger partial charge in [0, 0.05) is 18.1 Å². The summed E-state index contributed by atoms with van der Waals surface area (Å²) >= 11 is 6.19. The quantitative estimate of drug-likeness (QED) is 0.368. The van der Waals surface area contributed by atoms with Crippen LogP contribution in [0, 0.1) is 0 Å². The molecule has 0 spiro atoms. The van der Waals surface area contributed by atoms with Crippen molar-refractivity contribution in [3.8, 4) is 0 Å². The largest absolute Gasteiger partial charge is 0.394 e. The van der Waals surface area contributed by atoms with E-state index in [1.54, 1.807) is 6.07 Å². The second kappa shape index (κ2) is 11.3. The van der Waals surface area contributed by atoms with Crippen LogP contribution in [0.2, 0.25) is 5.02 Å². The summed E-state index contributed by atoms with van der Waals surface area (Å²) in [5.41, 5.74) is 6.80. The fourth-order valence-corrected chi connectivity index (χ4v) is 4.46. The Hall–Kier alpha value is -3.18. The molecule has 4 nitrogen and oxygen atoms in total. The first-order chi connectivity index (χ1) is 16.6. The number of amides is 1. The number of nitrogens with zero attached hydrogens (tertiary/aromatic N) is 1. The van der Waals surface area contributed by atoms with E-state index in [0.717, 1.165) is 12.0 Å². The Morgan fingerprint density at radius 1 is 0.971 bits per heavy atom. The lowest BCUT2D eigenvalue weighted by molar-refractivity contribution is -0.127. The lowest BCUT2D eigenvalue weighted by atomic mass is 9.93. The highest BCUT2D eigenvalue weighted by atomic mass is 35.5. The molecule has 0 radical (unpaired) electrons. The Bertz CT molecular complexity index is 1170. The number of nitrogens with one attached hydrogen (secondary N) is 1. The molecule has 0 aromatic heterocycles. The lowest BCUT2D eigenvalue weighted by Crippen LogP contribution is -2.47. The summed E-state index contributed by atoms with van der Waals surface area (Å²) in [6.45, 7) is 0.705. The standard InChI is InChI=1S/C29H29ClN2O2/c1-32(28(20-33)29(34)31-19-23-11-4-7-15-27(23)30)18-8-14-26-24-12-5-2-9-21(24)16-17-22-10-3-6-13-25(22)26/h2-7,9-17,28,33H,8,18-20H2,1H3,(H,31,34). The SMILES string of the molecule is CN(CCC=C1c2ccccc2C=Cc2ccccc21)C(CO)C(=O)NCc1ccccc1Cl. The van der Waals surface area contributed by atoms with Gasteiger partial charge in [0.25, 0.3) is 0 Å². The summed E-state index contributed by atoms with van der Waals surface area (Å²) in [4.78, 5) is 14.7. The van der Waals surface area contributed by atoms with Gasteiger partial charge >= 0.3 is 0 Å². The third-order valence-electron chi connectivity index (χ3n) is 6.19. The molecular weight excluding hydrogens is 444 g/mol. The fourth-order valence-electron chi connectivity index (χ4n) is 4.25. The van der Waals surface area contributed by atoms with E-state index in [1.807, 2.05) is 30.1 Å². The number of halogens is 1. The van der Waals surface area contributed by atoms with Crippen LogP contribution < -0.4 is 5.32 Å². The minimum absolute atomic E-state index is 0.216. The van der Waals surface area contributed by atoms with Gasteiger partial charge in [-0.05, 0) is 52.9 Å². The Labute approximate surface area is 206 Å². The van der Waals surface area contributed by atoms with E-state index in [-0.39, 0.29) is 12.5 Å². The van der Waals surface area contributed by atoms with E-state index in [2.05, 4.69) is 72.1 Å². The average Bonchev–Trinajstić information content (AvgIpc) is 3.01. The monoisotopic (exact) mass is 472 g/mol. The van der Waals surface area contributed by atoms with Crippen LogP contribution in [0.3, 0.4) is 0 Å². The van der Waals surface area contributed by atoms with E-state index in [0.29, 0.717) is 18.1 Å². The Morgan fingerprint density at radius 2 is 1.56 bits per heavy atom. The Morgan fingerprint density at radius 3 is 2.18 bits per heavy atom. The summed E-state index contributed by atoms with van der Waals surface area (Å²) < 4.78 is 0. The zero-order chi connectivity index (χ0) is 23.9. The molecule has 1 unspecified atom stereocenters. The summed E-state index contributed by atoms with van der Waals surface area (Å²) in [5.74, 6) is -0.216. The first-order valence-electron chi connectivity index (χ1n) is 11.5. The molecule has 1 amide bonds. The number of benzene rings is 3. The van der Waals surface area contributed by atoms with Crippen molar-refractivity contribution in [3.63, 3.8) is 0 Å². The molecule has 0 fully saturated rings. The van der Waals surface area contributed by atoms with Gasteiger partial charge in [0.05, 0.1) is 6.61 Å². The number of fused-ring (bicyclic) bond motifs is 2.